The summed E-state index contributed by atoms with van der Waals surface area (Å²) in [5.74, 6) is -0.967. The molecular formula is C76H130O6. The standard InChI is InChI=1S/C76H130O6/c1-4-7-10-13-16-19-22-25-27-29-31-33-34-35-36-37-38-39-40-41-42-43-45-46-48-51-54-57-60-63-66-69-75(78)81-72-73(71-80-74(77)68-65-62-59-56-53-50-24-21-18-15-12-9-6-3)82-76(79)70-67-64-61-58-55-52-49-47-44-32-30-28-26-23-20-17-14-11-8-5-2/h7,9-10,12,16,18-19,21,25,27,31,33,35-36,50,53,59,62,73H,4-6,8,11,13-15,17,20,22-24,26,28-30,32,34,37-49,51-52,54-58,60-61,63-72H2,1-3H3/b10-7-,12-9-,19-16-,21-18-,27-25-,33-31-,36-35-,53-50-,62-59-. The largest absolute Gasteiger partial charge is 0.462 e. The van der Waals surface area contributed by atoms with Gasteiger partial charge in [0.25, 0.3) is 0 Å². The lowest BCUT2D eigenvalue weighted by atomic mass is 10.0. The summed E-state index contributed by atoms with van der Waals surface area (Å²) in [6.07, 6.45) is 95.7. The summed E-state index contributed by atoms with van der Waals surface area (Å²) < 4.78 is 16.9. The minimum Gasteiger partial charge on any atom is -0.462 e. The molecule has 0 aliphatic carbocycles. The second-order valence-corrected chi connectivity index (χ2v) is 23.0. The fraction of sp³-hybridized carbons (Fsp3) is 0.724. The van der Waals surface area contributed by atoms with Crippen molar-refractivity contribution >= 4 is 17.9 Å². The Morgan fingerprint density at radius 2 is 0.500 bits per heavy atom. The molecule has 6 nitrogen and oxygen atoms in total. The highest BCUT2D eigenvalue weighted by Gasteiger charge is 2.19. The molecule has 0 aliphatic rings. The lowest BCUT2D eigenvalue weighted by Crippen LogP contribution is -2.30. The first-order valence-electron chi connectivity index (χ1n) is 34.9. The Kier molecular flexibility index (Phi) is 66.2. The molecule has 1 unspecified atom stereocenters. The second kappa shape index (κ2) is 69.6. The molecule has 82 heavy (non-hydrogen) atoms. The van der Waals surface area contributed by atoms with Crippen LogP contribution in [0.2, 0.25) is 0 Å². The van der Waals surface area contributed by atoms with E-state index in [-0.39, 0.29) is 37.5 Å². The monoisotopic (exact) mass is 1140 g/mol. The first-order valence-corrected chi connectivity index (χ1v) is 34.9. The number of rotatable bonds is 63. The van der Waals surface area contributed by atoms with Crippen LogP contribution in [-0.2, 0) is 28.6 Å². The molecule has 470 valence electrons. The Hall–Kier alpha value is -3.93. The summed E-state index contributed by atoms with van der Waals surface area (Å²) >= 11 is 0. The maximum atomic E-state index is 12.9. The van der Waals surface area contributed by atoms with E-state index in [2.05, 4.69) is 124 Å². The van der Waals surface area contributed by atoms with Gasteiger partial charge in [0.15, 0.2) is 6.10 Å². The molecule has 0 aromatic carbocycles. The van der Waals surface area contributed by atoms with Crippen LogP contribution in [0.25, 0.3) is 0 Å². The quantitative estimate of drug-likeness (QED) is 0.0261. The third-order valence-electron chi connectivity index (χ3n) is 15.0. The van der Waals surface area contributed by atoms with E-state index in [4.69, 9.17) is 14.2 Å². The topological polar surface area (TPSA) is 78.9 Å². The molecule has 0 heterocycles. The van der Waals surface area contributed by atoms with Crippen molar-refractivity contribution in [3.8, 4) is 0 Å². The Morgan fingerprint density at radius 1 is 0.256 bits per heavy atom. The minimum atomic E-state index is -0.806. The van der Waals surface area contributed by atoms with Gasteiger partial charge in [-0.05, 0) is 89.9 Å². The summed E-state index contributed by atoms with van der Waals surface area (Å²) in [7, 11) is 0. The normalized spacial score (nSPS) is 12.8. The number of unbranched alkanes of at least 4 members (excludes halogenated alkanes) is 34. The van der Waals surface area contributed by atoms with Gasteiger partial charge in [-0.15, -0.1) is 0 Å². The Balaban J connectivity index is 4.25. The lowest BCUT2D eigenvalue weighted by molar-refractivity contribution is -0.166. The molecule has 0 aromatic rings. The average molecular weight is 1140 g/mol. The van der Waals surface area contributed by atoms with Gasteiger partial charge in [0.1, 0.15) is 13.2 Å². The summed E-state index contributed by atoms with van der Waals surface area (Å²) in [6, 6.07) is 0. The number of ether oxygens (including phenoxy) is 3. The van der Waals surface area contributed by atoms with E-state index in [1.165, 1.54) is 193 Å². The molecule has 0 saturated carbocycles. The lowest BCUT2D eigenvalue weighted by Gasteiger charge is -2.18. The molecular weight excluding hydrogens is 1010 g/mol. The van der Waals surface area contributed by atoms with Crippen molar-refractivity contribution in [2.45, 2.75) is 341 Å². The van der Waals surface area contributed by atoms with Crippen LogP contribution in [0.5, 0.6) is 0 Å². The highest BCUT2D eigenvalue weighted by molar-refractivity contribution is 5.71. The number of hydrogen-bond acceptors (Lipinski definition) is 6. The maximum absolute atomic E-state index is 12.9. The van der Waals surface area contributed by atoms with E-state index in [1.54, 1.807) is 0 Å². The van der Waals surface area contributed by atoms with E-state index in [0.717, 1.165) is 96.3 Å². The van der Waals surface area contributed by atoms with Crippen molar-refractivity contribution in [1.82, 2.24) is 0 Å². The van der Waals surface area contributed by atoms with Crippen LogP contribution in [0.4, 0.5) is 0 Å². The van der Waals surface area contributed by atoms with E-state index >= 15 is 0 Å². The molecule has 6 heteroatoms. The maximum Gasteiger partial charge on any atom is 0.306 e. The first kappa shape index (κ1) is 78.1. The molecule has 0 aromatic heterocycles. The fourth-order valence-electron chi connectivity index (χ4n) is 9.90. The summed E-state index contributed by atoms with van der Waals surface area (Å²) in [5.41, 5.74) is 0. The van der Waals surface area contributed by atoms with Crippen LogP contribution < -0.4 is 0 Å². The van der Waals surface area contributed by atoms with E-state index in [0.29, 0.717) is 19.3 Å². The highest BCUT2D eigenvalue weighted by Crippen LogP contribution is 2.18. The van der Waals surface area contributed by atoms with E-state index in [9.17, 15) is 14.4 Å². The number of carbonyl (C=O) groups is 3. The van der Waals surface area contributed by atoms with Crippen LogP contribution >= 0.6 is 0 Å². The van der Waals surface area contributed by atoms with Crippen molar-refractivity contribution in [2.75, 3.05) is 13.2 Å². The van der Waals surface area contributed by atoms with Crippen molar-refractivity contribution < 1.29 is 28.6 Å². The van der Waals surface area contributed by atoms with Gasteiger partial charge >= 0.3 is 17.9 Å². The first-order chi connectivity index (χ1) is 40.5. The minimum absolute atomic E-state index is 0.0968. The van der Waals surface area contributed by atoms with Gasteiger partial charge in [0.2, 0.25) is 0 Å². The van der Waals surface area contributed by atoms with Gasteiger partial charge in [-0.3, -0.25) is 14.4 Å². The van der Waals surface area contributed by atoms with Gasteiger partial charge in [-0.1, -0.05) is 336 Å². The molecule has 0 spiro atoms. The van der Waals surface area contributed by atoms with Crippen LogP contribution in [0, 0.1) is 0 Å². The number of esters is 3. The SMILES string of the molecule is CC/C=C\C/C=C\C/C=C\C/C=C\C/C=C\CCCCCCCCCCCCCCCCCC(=O)OCC(COC(=O)CC/C=C\C/C=C\C/C=C\C/C=C\CC)OC(=O)CCCCCCCCCCCCCCCCCCCCCC. The Labute approximate surface area is 508 Å². The third-order valence-corrected chi connectivity index (χ3v) is 15.0. The summed E-state index contributed by atoms with van der Waals surface area (Å²) in [4.78, 5) is 38.3. The molecule has 0 radical (unpaired) electrons. The van der Waals surface area contributed by atoms with Crippen molar-refractivity contribution in [3.63, 3.8) is 0 Å². The van der Waals surface area contributed by atoms with E-state index < -0.39 is 6.10 Å². The van der Waals surface area contributed by atoms with Crippen LogP contribution in [0.15, 0.2) is 109 Å². The van der Waals surface area contributed by atoms with E-state index in [1.807, 2.05) is 6.08 Å². The summed E-state index contributed by atoms with van der Waals surface area (Å²) in [5, 5.41) is 0. The van der Waals surface area contributed by atoms with Gasteiger partial charge in [-0.25, -0.2) is 0 Å². The predicted octanol–water partition coefficient (Wildman–Crippen LogP) is 24.2. The van der Waals surface area contributed by atoms with Gasteiger partial charge < -0.3 is 14.2 Å². The zero-order valence-corrected chi connectivity index (χ0v) is 54.0. The zero-order chi connectivity index (χ0) is 59.2. The predicted molar refractivity (Wildman–Crippen MR) is 357 cm³/mol. The van der Waals surface area contributed by atoms with Gasteiger partial charge in [0, 0.05) is 19.3 Å². The van der Waals surface area contributed by atoms with Gasteiger partial charge in [0.05, 0.1) is 0 Å². The average Bonchev–Trinajstić information content (AvgIpc) is 3.47. The van der Waals surface area contributed by atoms with Crippen LogP contribution in [0.3, 0.4) is 0 Å². The molecule has 0 bridgehead atoms. The van der Waals surface area contributed by atoms with Gasteiger partial charge in [-0.2, -0.15) is 0 Å². The van der Waals surface area contributed by atoms with Crippen molar-refractivity contribution in [1.29, 1.82) is 0 Å². The molecule has 0 aliphatic heterocycles. The molecule has 0 saturated heterocycles. The van der Waals surface area contributed by atoms with Crippen LogP contribution in [-0.4, -0.2) is 37.2 Å². The molecule has 0 rings (SSSR count). The van der Waals surface area contributed by atoms with Crippen LogP contribution in [0.1, 0.15) is 335 Å². The zero-order valence-electron chi connectivity index (χ0n) is 54.0. The second-order valence-electron chi connectivity index (χ2n) is 23.0. The highest BCUT2D eigenvalue weighted by atomic mass is 16.6. The number of carbonyl (C=O) groups excluding carboxylic acids is 3. The number of hydrogen-bond donors (Lipinski definition) is 0. The smallest absolute Gasteiger partial charge is 0.306 e. The molecule has 0 N–H and O–H groups in total. The number of allylic oxidation sites excluding steroid dienone is 18. The van der Waals surface area contributed by atoms with Crippen molar-refractivity contribution in [3.05, 3.63) is 109 Å². The molecule has 0 fully saturated rings. The Bertz CT molecular complexity index is 1640. The van der Waals surface area contributed by atoms with Crippen molar-refractivity contribution in [2.24, 2.45) is 0 Å². The molecule has 1 atom stereocenters. The Morgan fingerprint density at radius 3 is 0.817 bits per heavy atom. The third kappa shape index (κ3) is 66.9. The fourth-order valence-corrected chi connectivity index (χ4v) is 9.90. The summed E-state index contributed by atoms with van der Waals surface area (Å²) in [6.45, 7) is 6.39. The molecule has 0 amide bonds.